The predicted molar refractivity (Wildman–Crippen MR) is 94.6 cm³/mol. The summed E-state index contributed by atoms with van der Waals surface area (Å²) in [5.41, 5.74) is 0.0981. The number of hydrazone groups is 1. The van der Waals surface area contributed by atoms with Crippen molar-refractivity contribution in [2.45, 2.75) is 6.42 Å². The minimum atomic E-state index is -0.553. The molecule has 1 aromatic carbocycles. The Balaban J connectivity index is 1.62. The molecule has 1 saturated heterocycles. The van der Waals surface area contributed by atoms with Crippen LogP contribution in [0.4, 0.5) is 5.69 Å². The van der Waals surface area contributed by atoms with Gasteiger partial charge < -0.3 is 4.74 Å². The summed E-state index contributed by atoms with van der Waals surface area (Å²) in [6.45, 7) is -0.0284. The summed E-state index contributed by atoms with van der Waals surface area (Å²) in [6, 6.07) is 3.94. The van der Waals surface area contributed by atoms with Gasteiger partial charge in [0, 0.05) is 17.7 Å². The number of rotatable bonds is 5. The highest BCUT2D eigenvalue weighted by Gasteiger charge is 2.59. The van der Waals surface area contributed by atoms with Gasteiger partial charge in [-0.25, -0.2) is 0 Å². The maximum Gasteiger partial charge on any atom is 0.270 e. The second-order valence-electron chi connectivity index (χ2n) is 6.70. The van der Waals surface area contributed by atoms with Gasteiger partial charge in [-0.1, -0.05) is 18.1 Å². The summed E-state index contributed by atoms with van der Waals surface area (Å²) in [7, 11) is 0. The molecule has 27 heavy (non-hydrogen) atoms. The Morgan fingerprint density at radius 3 is 2.56 bits per heavy atom. The van der Waals surface area contributed by atoms with Crippen LogP contribution in [0.25, 0.3) is 0 Å². The van der Waals surface area contributed by atoms with Crippen molar-refractivity contribution in [3.63, 3.8) is 0 Å². The van der Waals surface area contributed by atoms with E-state index in [1.807, 2.05) is 12.2 Å². The number of fused-ring (bicyclic) bond motifs is 5. The van der Waals surface area contributed by atoms with Crippen LogP contribution in [0, 0.1) is 46.1 Å². The summed E-state index contributed by atoms with van der Waals surface area (Å²) in [6.07, 6.45) is 11.2. The molecule has 2 bridgehead atoms. The lowest BCUT2D eigenvalue weighted by atomic mass is 9.85. The standard InChI is InChI=1S/C19H15N3O5/c1-2-7-27-15-6-5-14(22(25)26)9-13(15)10-20-21-18(23)16-11-3-4-12(8-11)17(16)19(21)24/h1,3-6,9-12,16-17H,7-8H2/t11-,12-,16-,17+/m0/s1. The monoisotopic (exact) mass is 365 g/mol. The van der Waals surface area contributed by atoms with Crippen LogP contribution in [0.15, 0.2) is 35.5 Å². The van der Waals surface area contributed by atoms with Gasteiger partial charge in [-0.3, -0.25) is 19.7 Å². The molecule has 8 nitrogen and oxygen atoms in total. The minimum Gasteiger partial charge on any atom is -0.480 e. The van der Waals surface area contributed by atoms with E-state index in [1.54, 1.807) is 0 Å². The first-order valence-electron chi connectivity index (χ1n) is 8.46. The van der Waals surface area contributed by atoms with Gasteiger partial charge in [-0.2, -0.15) is 10.1 Å². The van der Waals surface area contributed by atoms with E-state index in [0.29, 0.717) is 0 Å². The number of carbonyl (C=O) groups is 2. The number of carbonyl (C=O) groups excluding carboxylic acids is 2. The van der Waals surface area contributed by atoms with Gasteiger partial charge in [0.1, 0.15) is 12.4 Å². The van der Waals surface area contributed by atoms with E-state index in [0.717, 1.165) is 11.4 Å². The third-order valence-electron chi connectivity index (χ3n) is 5.27. The van der Waals surface area contributed by atoms with Crippen LogP contribution in [0.1, 0.15) is 12.0 Å². The number of amides is 2. The molecule has 3 aliphatic rings. The molecule has 2 fully saturated rings. The molecule has 2 amide bonds. The molecule has 1 aliphatic heterocycles. The Bertz CT molecular complexity index is 915. The summed E-state index contributed by atoms with van der Waals surface area (Å²) in [4.78, 5) is 35.7. The first-order chi connectivity index (χ1) is 13.0. The highest BCUT2D eigenvalue weighted by Crippen LogP contribution is 2.52. The molecule has 1 saturated carbocycles. The lowest BCUT2D eigenvalue weighted by molar-refractivity contribution is -0.384. The summed E-state index contributed by atoms with van der Waals surface area (Å²) in [5, 5.41) is 15.9. The molecular weight excluding hydrogens is 350 g/mol. The lowest BCUT2D eigenvalue weighted by Gasteiger charge is -2.13. The number of terminal acetylenes is 1. The van der Waals surface area contributed by atoms with E-state index >= 15 is 0 Å². The van der Waals surface area contributed by atoms with Crippen molar-refractivity contribution in [2.24, 2.45) is 28.8 Å². The van der Waals surface area contributed by atoms with Crippen molar-refractivity contribution in [1.82, 2.24) is 5.01 Å². The molecule has 136 valence electrons. The van der Waals surface area contributed by atoms with Gasteiger partial charge in [0.25, 0.3) is 17.5 Å². The molecular formula is C19H15N3O5. The van der Waals surface area contributed by atoms with Gasteiger partial charge in [0.05, 0.1) is 23.0 Å². The number of ether oxygens (including phenoxy) is 1. The fraction of sp³-hybridized carbons (Fsp3) is 0.316. The molecule has 0 aromatic heterocycles. The van der Waals surface area contributed by atoms with E-state index in [1.165, 1.54) is 24.4 Å². The van der Waals surface area contributed by atoms with Crippen LogP contribution in [0.3, 0.4) is 0 Å². The van der Waals surface area contributed by atoms with E-state index in [2.05, 4.69) is 11.0 Å². The smallest absolute Gasteiger partial charge is 0.270 e. The summed E-state index contributed by atoms with van der Waals surface area (Å²) in [5.74, 6) is 1.41. The average molecular weight is 365 g/mol. The fourth-order valence-corrected chi connectivity index (χ4v) is 4.12. The molecule has 0 spiro atoms. The topological polar surface area (TPSA) is 102 Å². The van der Waals surface area contributed by atoms with Crippen molar-refractivity contribution in [2.75, 3.05) is 6.61 Å². The quantitative estimate of drug-likeness (QED) is 0.198. The van der Waals surface area contributed by atoms with E-state index in [4.69, 9.17) is 11.2 Å². The van der Waals surface area contributed by atoms with Gasteiger partial charge in [0.15, 0.2) is 0 Å². The SMILES string of the molecule is C#CCOc1ccc([N+](=O)[O-])cc1C=NN1C(=O)[C@@H]2[C@H](C1=O)[C@H]1C=C[C@H]2C1. The van der Waals surface area contributed by atoms with Crippen LogP contribution in [0.2, 0.25) is 0 Å². The van der Waals surface area contributed by atoms with Crippen LogP contribution in [-0.4, -0.2) is 34.6 Å². The zero-order chi connectivity index (χ0) is 19.1. The van der Waals surface area contributed by atoms with Gasteiger partial charge in [-0.15, -0.1) is 6.42 Å². The van der Waals surface area contributed by atoms with E-state index in [-0.39, 0.29) is 59.1 Å². The molecule has 4 atom stereocenters. The number of allylic oxidation sites excluding steroid dienone is 2. The summed E-state index contributed by atoms with van der Waals surface area (Å²) >= 11 is 0. The Hall–Kier alpha value is -3.47. The summed E-state index contributed by atoms with van der Waals surface area (Å²) < 4.78 is 5.36. The number of nitrogens with zero attached hydrogens (tertiary/aromatic N) is 3. The highest BCUT2D eigenvalue weighted by atomic mass is 16.6. The van der Waals surface area contributed by atoms with Crippen molar-refractivity contribution in [3.8, 4) is 18.1 Å². The van der Waals surface area contributed by atoms with Crippen LogP contribution in [-0.2, 0) is 9.59 Å². The predicted octanol–water partition coefficient (Wildman–Crippen LogP) is 1.75. The van der Waals surface area contributed by atoms with Crippen LogP contribution >= 0.6 is 0 Å². The Morgan fingerprint density at radius 1 is 1.30 bits per heavy atom. The lowest BCUT2D eigenvalue weighted by Crippen LogP contribution is -2.28. The number of imide groups is 1. The molecule has 0 N–H and O–H groups in total. The van der Waals surface area contributed by atoms with E-state index in [9.17, 15) is 19.7 Å². The van der Waals surface area contributed by atoms with E-state index < -0.39 is 4.92 Å². The maximum atomic E-state index is 12.6. The normalized spacial score (nSPS) is 28.0. The number of hydrogen-bond donors (Lipinski definition) is 0. The molecule has 1 aromatic rings. The zero-order valence-electron chi connectivity index (χ0n) is 14.1. The Kier molecular flexibility index (Phi) is 4.00. The number of nitro benzene ring substituents is 1. The second-order valence-corrected chi connectivity index (χ2v) is 6.70. The zero-order valence-corrected chi connectivity index (χ0v) is 14.1. The third-order valence-corrected chi connectivity index (χ3v) is 5.27. The third kappa shape index (κ3) is 2.68. The average Bonchev–Trinajstić information content (AvgIpc) is 3.33. The van der Waals surface area contributed by atoms with Crippen LogP contribution < -0.4 is 4.74 Å². The van der Waals surface area contributed by atoms with Gasteiger partial charge in [0.2, 0.25) is 0 Å². The number of benzene rings is 1. The number of non-ortho nitro benzene ring substituents is 1. The molecule has 8 heteroatoms. The molecule has 0 radical (unpaired) electrons. The Morgan fingerprint density at radius 2 is 1.96 bits per heavy atom. The van der Waals surface area contributed by atoms with Crippen molar-refractivity contribution >= 4 is 23.7 Å². The van der Waals surface area contributed by atoms with Gasteiger partial charge in [-0.05, 0) is 24.3 Å². The maximum absolute atomic E-state index is 12.6. The van der Waals surface area contributed by atoms with Crippen molar-refractivity contribution in [1.29, 1.82) is 0 Å². The molecule has 2 aliphatic carbocycles. The highest BCUT2D eigenvalue weighted by molar-refractivity contribution is 6.07. The number of nitro groups is 1. The van der Waals surface area contributed by atoms with Gasteiger partial charge >= 0.3 is 0 Å². The first kappa shape index (κ1) is 17.0. The van der Waals surface area contributed by atoms with Crippen molar-refractivity contribution in [3.05, 3.63) is 46.0 Å². The molecule has 1 heterocycles. The largest absolute Gasteiger partial charge is 0.480 e. The molecule has 0 unspecified atom stereocenters. The first-order valence-corrected chi connectivity index (χ1v) is 8.46. The fourth-order valence-electron chi connectivity index (χ4n) is 4.12. The number of hydrogen-bond acceptors (Lipinski definition) is 6. The Labute approximate surface area is 154 Å². The molecule has 4 rings (SSSR count). The van der Waals surface area contributed by atoms with Crippen molar-refractivity contribution < 1.29 is 19.2 Å². The van der Waals surface area contributed by atoms with Crippen LogP contribution in [0.5, 0.6) is 5.75 Å². The second kappa shape index (κ2) is 6.36. The minimum absolute atomic E-state index is 0.0284.